The van der Waals surface area contributed by atoms with E-state index in [0.29, 0.717) is 0 Å². The molecule has 0 atom stereocenters. The van der Waals surface area contributed by atoms with E-state index in [4.69, 9.17) is 30.1 Å². The summed E-state index contributed by atoms with van der Waals surface area (Å²) in [7, 11) is 14.8. The van der Waals surface area contributed by atoms with Crippen molar-refractivity contribution in [1.82, 2.24) is 0 Å². The molecule has 29 valence electrons. The minimum atomic E-state index is -1.62. The molecule has 0 fully saturated rings. The quantitative estimate of drug-likeness (QED) is 0.497. The van der Waals surface area contributed by atoms with Gasteiger partial charge in [0, 0.05) is 0 Å². The SMILES string of the molecule is [Cl][Cr]([Cl])[Cl].[NaH]. The summed E-state index contributed by atoms with van der Waals surface area (Å²) in [5, 5.41) is 0. The van der Waals surface area contributed by atoms with Crippen LogP contribution in [-0.2, 0) is 11.4 Å². The molecular formula is HCl3CrNa. The van der Waals surface area contributed by atoms with Crippen LogP contribution >= 0.6 is 30.1 Å². The van der Waals surface area contributed by atoms with Gasteiger partial charge < -0.3 is 0 Å². The number of hydrogen-bond acceptors (Lipinski definition) is 0. The zero-order valence-electron chi connectivity index (χ0n) is 1.54. The summed E-state index contributed by atoms with van der Waals surface area (Å²) in [4.78, 5) is 0. The Labute approximate surface area is 70.1 Å². The second kappa shape index (κ2) is 6.40. The molecule has 0 aromatic carbocycles. The summed E-state index contributed by atoms with van der Waals surface area (Å²) in [6.07, 6.45) is 0. The van der Waals surface area contributed by atoms with Gasteiger partial charge in [0.15, 0.2) is 0 Å². The molecule has 0 radical (unpaired) electrons. The van der Waals surface area contributed by atoms with Crippen molar-refractivity contribution >= 4 is 59.7 Å². The molecule has 0 spiro atoms. The van der Waals surface area contributed by atoms with E-state index in [1.165, 1.54) is 0 Å². The number of halogens is 3. The van der Waals surface area contributed by atoms with Crippen LogP contribution < -0.4 is 0 Å². The van der Waals surface area contributed by atoms with Gasteiger partial charge in [-0.3, -0.25) is 0 Å². The van der Waals surface area contributed by atoms with Crippen molar-refractivity contribution in [3.63, 3.8) is 0 Å². The van der Waals surface area contributed by atoms with Gasteiger partial charge in [-0.25, -0.2) is 0 Å². The molecule has 0 rings (SSSR count). The molecule has 0 aliphatic heterocycles. The van der Waals surface area contributed by atoms with Crippen LogP contribution in [-0.4, -0.2) is 29.6 Å². The fraction of sp³-hybridized carbons (Fsp3) is 0. The number of rotatable bonds is 0. The Kier molecular flexibility index (Phi) is 13.3. The first-order valence-electron chi connectivity index (χ1n) is 0.463. The molecule has 0 aromatic rings. The predicted octanol–water partition coefficient (Wildman–Crippen LogP) is 1.42. The van der Waals surface area contributed by atoms with Gasteiger partial charge in [-0.1, -0.05) is 0 Å². The van der Waals surface area contributed by atoms with E-state index in [-0.39, 0.29) is 29.6 Å². The molecule has 0 saturated carbocycles. The van der Waals surface area contributed by atoms with Gasteiger partial charge in [0.05, 0.1) is 0 Å². The van der Waals surface area contributed by atoms with Crippen molar-refractivity contribution in [2.24, 2.45) is 0 Å². The minimum absolute atomic E-state index is 0. The molecule has 0 saturated heterocycles. The molecule has 0 bridgehead atoms. The zero-order chi connectivity index (χ0) is 3.58. The molecule has 0 aromatic heterocycles. The van der Waals surface area contributed by atoms with Crippen molar-refractivity contribution in [2.75, 3.05) is 0 Å². The second-order valence-electron chi connectivity index (χ2n) is 0.175. The van der Waals surface area contributed by atoms with Crippen molar-refractivity contribution in [3.8, 4) is 0 Å². The Morgan fingerprint density at radius 2 is 1.00 bits per heavy atom. The van der Waals surface area contributed by atoms with Crippen molar-refractivity contribution in [3.05, 3.63) is 0 Å². The van der Waals surface area contributed by atoms with Gasteiger partial charge in [-0.2, -0.15) is 0 Å². The molecule has 0 amide bonds. The Morgan fingerprint density at radius 3 is 1.00 bits per heavy atom. The van der Waals surface area contributed by atoms with Gasteiger partial charge in [-0.15, -0.1) is 0 Å². The van der Waals surface area contributed by atoms with Crippen LogP contribution in [0.1, 0.15) is 0 Å². The van der Waals surface area contributed by atoms with E-state index in [1.807, 2.05) is 0 Å². The normalized spacial score (nSPS) is 7.20. The van der Waals surface area contributed by atoms with Gasteiger partial charge in [0.25, 0.3) is 0 Å². The molecule has 5 heteroatoms. The fourth-order valence-corrected chi connectivity index (χ4v) is 0. The van der Waals surface area contributed by atoms with Crippen molar-refractivity contribution in [2.45, 2.75) is 0 Å². The summed E-state index contributed by atoms with van der Waals surface area (Å²) < 4.78 is 0. The fourth-order valence-electron chi connectivity index (χ4n) is 0. The summed E-state index contributed by atoms with van der Waals surface area (Å²) in [5.41, 5.74) is 0. The third-order valence-corrected chi connectivity index (χ3v) is 0. The third kappa shape index (κ3) is 21.5. The maximum absolute atomic E-state index is 4.93. The first kappa shape index (κ1) is 10.4. The van der Waals surface area contributed by atoms with Crippen LogP contribution in [0.3, 0.4) is 0 Å². The van der Waals surface area contributed by atoms with E-state index >= 15 is 0 Å². The molecule has 0 heterocycles. The van der Waals surface area contributed by atoms with Crippen LogP contribution in [0, 0.1) is 0 Å². The summed E-state index contributed by atoms with van der Waals surface area (Å²) >= 11 is -1.62. The van der Waals surface area contributed by atoms with E-state index in [2.05, 4.69) is 0 Å². The third-order valence-electron chi connectivity index (χ3n) is 0. The topological polar surface area (TPSA) is 0 Å². The van der Waals surface area contributed by atoms with Gasteiger partial charge in [-0.05, 0) is 0 Å². The summed E-state index contributed by atoms with van der Waals surface area (Å²) in [6.45, 7) is 0. The van der Waals surface area contributed by atoms with Crippen LogP contribution in [0.4, 0.5) is 0 Å². The summed E-state index contributed by atoms with van der Waals surface area (Å²) in [5.74, 6) is 0. The predicted molar refractivity (Wildman–Crippen MR) is 24.7 cm³/mol. The Hall–Kier alpha value is 2.40. The Morgan fingerprint density at radius 1 is 1.00 bits per heavy atom. The second-order valence-corrected chi connectivity index (χ2v) is 6.49. The standard InChI is InChI=1S/3ClH.Cr.Na.H/h3*1H;;;/q;;;+3;;/p-3. The molecule has 5 heavy (non-hydrogen) atoms. The zero-order valence-corrected chi connectivity index (χ0v) is 5.08. The van der Waals surface area contributed by atoms with Crippen LogP contribution in [0.5, 0.6) is 0 Å². The molecular weight excluding hydrogens is 181 g/mol. The monoisotopic (exact) mass is 181 g/mol. The molecule has 0 aliphatic carbocycles. The Bertz CT molecular complexity index is 11.6. The first-order valence-corrected chi connectivity index (χ1v) is 5.73. The molecule has 0 N–H and O–H groups in total. The van der Waals surface area contributed by atoms with E-state index < -0.39 is 11.4 Å². The maximum atomic E-state index is 4.93. The molecule has 0 aliphatic rings. The summed E-state index contributed by atoms with van der Waals surface area (Å²) in [6, 6.07) is 0. The van der Waals surface area contributed by atoms with E-state index in [9.17, 15) is 0 Å². The average molecular weight is 182 g/mol. The van der Waals surface area contributed by atoms with Gasteiger partial charge in [0.2, 0.25) is 0 Å². The first-order chi connectivity index (χ1) is 1.73. The van der Waals surface area contributed by atoms with Crippen LogP contribution in [0.2, 0.25) is 0 Å². The van der Waals surface area contributed by atoms with Crippen molar-refractivity contribution < 1.29 is 11.4 Å². The molecule has 0 nitrogen and oxygen atoms in total. The Balaban J connectivity index is 0. The van der Waals surface area contributed by atoms with Gasteiger partial charge in [0.1, 0.15) is 0 Å². The molecule has 0 unspecified atom stereocenters. The number of hydrogen-bond donors (Lipinski definition) is 0. The van der Waals surface area contributed by atoms with Gasteiger partial charge >= 0.3 is 71.1 Å². The van der Waals surface area contributed by atoms with E-state index in [1.54, 1.807) is 0 Å². The van der Waals surface area contributed by atoms with Crippen molar-refractivity contribution in [1.29, 1.82) is 0 Å². The van der Waals surface area contributed by atoms with Crippen LogP contribution in [0.15, 0.2) is 0 Å². The van der Waals surface area contributed by atoms with Crippen LogP contribution in [0.25, 0.3) is 0 Å². The van der Waals surface area contributed by atoms with E-state index in [0.717, 1.165) is 0 Å². The average Bonchev–Trinajstić information content (AvgIpc) is 0.811.